The Bertz CT molecular complexity index is 548. The first-order chi connectivity index (χ1) is 8.81. The van der Waals surface area contributed by atoms with Crippen LogP contribution in [0, 0.1) is 12.7 Å². The summed E-state index contributed by atoms with van der Waals surface area (Å²) in [7, 11) is -2.51. The molecule has 0 radical (unpaired) electrons. The molecule has 0 aliphatic heterocycles. The number of methoxy groups -OCH3 is 1. The van der Waals surface area contributed by atoms with E-state index in [-0.39, 0.29) is 22.8 Å². The molecule has 1 unspecified atom stereocenters. The van der Waals surface area contributed by atoms with E-state index in [1.165, 1.54) is 14.0 Å². The van der Waals surface area contributed by atoms with E-state index in [4.69, 9.17) is 15.6 Å². The van der Waals surface area contributed by atoms with Crippen molar-refractivity contribution in [3.8, 4) is 0 Å². The van der Waals surface area contributed by atoms with E-state index in [0.717, 1.165) is 12.1 Å². The number of hydrogen-bond donors (Lipinski definition) is 3. The fraction of sp³-hybridized carbons (Fsp3) is 0.455. The highest BCUT2D eigenvalue weighted by Gasteiger charge is 2.22. The Hall–Kier alpha value is -1.22. The summed E-state index contributed by atoms with van der Waals surface area (Å²) in [5, 5.41) is 9.04. The fourth-order valence-electron chi connectivity index (χ4n) is 1.57. The molecule has 0 spiro atoms. The molecule has 1 aromatic carbocycles. The average Bonchev–Trinajstić information content (AvgIpc) is 2.32. The maximum absolute atomic E-state index is 13.2. The lowest BCUT2D eigenvalue weighted by Gasteiger charge is -2.17. The van der Waals surface area contributed by atoms with Crippen LogP contribution < -0.4 is 10.5 Å². The summed E-state index contributed by atoms with van der Waals surface area (Å²) in [6.07, 6.45) is 0. The number of nitrogens with one attached hydrogen (secondary N) is 1. The number of nitrogen functional groups attached to an aromatic ring is 1. The normalized spacial score (nSPS) is 13.5. The highest BCUT2D eigenvalue weighted by Crippen LogP contribution is 2.21. The number of sulfonamides is 1. The molecule has 0 aromatic heterocycles. The second-order valence-corrected chi connectivity index (χ2v) is 5.78. The predicted molar refractivity (Wildman–Crippen MR) is 68.6 cm³/mol. The first-order valence-electron chi connectivity index (χ1n) is 5.49. The fourth-order valence-corrected chi connectivity index (χ4v) is 3.04. The molecule has 0 aliphatic carbocycles. The largest absolute Gasteiger partial charge is 0.396 e. The third-order valence-electron chi connectivity index (χ3n) is 2.49. The van der Waals surface area contributed by atoms with Crippen LogP contribution in [0.25, 0.3) is 0 Å². The molecular weight excluding hydrogens is 275 g/mol. The van der Waals surface area contributed by atoms with Gasteiger partial charge in [-0.1, -0.05) is 0 Å². The minimum atomic E-state index is -3.90. The van der Waals surface area contributed by atoms with E-state index in [0.29, 0.717) is 0 Å². The van der Waals surface area contributed by atoms with Crippen LogP contribution in [0.3, 0.4) is 0 Å². The van der Waals surface area contributed by atoms with Gasteiger partial charge in [0, 0.05) is 7.11 Å². The number of aryl methyl sites for hydroxylation is 1. The van der Waals surface area contributed by atoms with Gasteiger partial charge in [0.15, 0.2) is 0 Å². The molecule has 108 valence electrons. The molecule has 0 amide bonds. The van der Waals surface area contributed by atoms with Gasteiger partial charge >= 0.3 is 0 Å². The van der Waals surface area contributed by atoms with Gasteiger partial charge in [0.2, 0.25) is 10.0 Å². The monoisotopic (exact) mass is 292 g/mol. The van der Waals surface area contributed by atoms with E-state index >= 15 is 0 Å². The van der Waals surface area contributed by atoms with Crippen LogP contribution in [0.1, 0.15) is 5.56 Å². The second-order valence-electron chi connectivity index (χ2n) is 4.10. The van der Waals surface area contributed by atoms with Gasteiger partial charge in [-0.05, 0) is 24.6 Å². The van der Waals surface area contributed by atoms with Crippen LogP contribution in [0.15, 0.2) is 17.0 Å². The third kappa shape index (κ3) is 3.87. The molecule has 0 saturated carbocycles. The van der Waals surface area contributed by atoms with Crippen LogP contribution in [0.4, 0.5) is 10.1 Å². The van der Waals surface area contributed by atoms with Gasteiger partial charge in [0.25, 0.3) is 0 Å². The van der Waals surface area contributed by atoms with Gasteiger partial charge < -0.3 is 15.6 Å². The standard InChI is InChI=1S/C11H17FN2O4S/c1-7-3-9(12)10(13)4-11(7)19(16,17)14-8(5-15)6-18-2/h3-4,8,14-15H,5-6,13H2,1-2H3. The molecule has 0 fully saturated rings. The van der Waals surface area contributed by atoms with Crippen LogP contribution >= 0.6 is 0 Å². The quantitative estimate of drug-likeness (QED) is 0.641. The summed E-state index contributed by atoms with van der Waals surface area (Å²) in [6.45, 7) is 1.07. The molecule has 4 N–H and O–H groups in total. The zero-order valence-corrected chi connectivity index (χ0v) is 11.5. The van der Waals surface area contributed by atoms with Crippen molar-refractivity contribution in [3.05, 3.63) is 23.5 Å². The Balaban J connectivity index is 3.10. The second kappa shape index (κ2) is 6.29. The Morgan fingerprint density at radius 2 is 2.16 bits per heavy atom. The summed E-state index contributed by atoms with van der Waals surface area (Å²) in [5.41, 5.74) is 5.35. The number of rotatable bonds is 6. The van der Waals surface area contributed by atoms with E-state index in [1.807, 2.05) is 0 Å². The number of aliphatic hydroxyl groups is 1. The van der Waals surface area contributed by atoms with Gasteiger partial charge in [-0.25, -0.2) is 17.5 Å². The SMILES string of the molecule is COCC(CO)NS(=O)(=O)c1cc(N)c(F)cc1C. The van der Waals surface area contributed by atoms with Gasteiger partial charge in [-0.15, -0.1) is 0 Å². The Morgan fingerprint density at radius 3 is 2.68 bits per heavy atom. The summed E-state index contributed by atoms with van der Waals surface area (Å²) < 4.78 is 44.5. The highest BCUT2D eigenvalue weighted by molar-refractivity contribution is 7.89. The van der Waals surface area contributed by atoms with Crippen molar-refractivity contribution in [2.45, 2.75) is 17.9 Å². The van der Waals surface area contributed by atoms with Gasteiger partial charge in [-0.3, -0.25) is 0 Å². The Morgan fingerprint density at radius 1 is 1.53 bits per heavy atom. The number of anilines is 1. The molecule has 0 bridgehead atoms. The molecule has 6 nitrogen and oxygen atoms in total. The maximum atomic E-state index is 13.2. The topological polar surface area (TPSA) is 102 Å². The van der Waals surface area contributed by atoms with Crippen molar-refractivity contribution in [2.75, 3.05) is 26.1 Å². The maximum Gasteiger partial charge on any atom is 0.241 e. The number of benzene rings is 1. The van der Waals surface area contributed by atoms with Crippen molar-refractivity contribution in [1.29, 1.82) is 0 Å². The zero-order chi connectivity index (χ0) is 14.6. The minimum absolute atomic E-state index is 0.0193. The number of nitrogens with two attached hydrogens (primary N) is 1. The van der Waals surface area contributed by atoms with Crippen molar-refractivity contribution in [1.82, 2.24) is 4.72 Å². The lowest BCUT2D eigenvalue weighted by Crippen LogP contribution is -2.40. The smallest absolute Gasteiger partial charge is 0.241 e. The summed E-state index contributed by atoms with van der Waals surface area (Å²) >= 11 is 0. The summed E-state index contributed by atoms with van der Waals surface area (Å²) in [5.74, 6) is -0.674. The molecule has 0 heterocycles. The van der Waals surface area contributed by atoms with Gasteiger partial charge in [0.1, 0.15) is 5.82 Å². The molecule has 1 rings (SSSR count). The Labute approximate surface area is 111 Å². The lowest BCUT2D eigenvalue weighted by atomic mass is 10.2. The first-order valence-corrected chi connectivity index (χ1v) is 6.98. The third-order valence-corrected chi connectivity index (χ3v) is 4.16. The van der Waals surface area contributed by atoms with E-state index < -0.39 is 28.5 Å². The van der Waals surface area contributed by atoms with Crippen molar-refractivity contribution in [2.24, 2.45) is 0 Å². The van der Waals surface area contributed by atoms with E-state index in [9.17, 15) is 12.8 Å². The molecule has 19 heavy (non-hydrogen) atoms. The minimum Gasteiger partial charge on any atom is -0.396 e. The number of hydrogen-bond acceptors (Lipinski definition) is 5. The van der Waals surface area contributed by atoms with Crippen LogP contribution in [0.5, 0.6) is 0 Å². The number of halogens is 1. The van der Waals surface area contributed by atoms with Crippen molar-refractivity contribution in [3.63, 3.8) is 0 Å². The van der Waals surface area contributed by atoms with E-state index in [1.54, 1.807) is 0 Å². The first kappa shape index (κ1) is 15.8. The lowest BCUT2D eigenvalue weighted by molar-refractivity contribution is 0.139. The zero-order valence-electron chi connectivity index (χ0n) is 10.7. The summed E-state index contributed by atoms with van der Waals surface area (Å²) in [6, 6.07) is 1.32. The van der Waals surface area contributed by atoms with Crippen molar-refractivity contribution < 1.29 is 22.7 Å². The van der Waals surface area contributed by atoms with Crippen molar-refractivity contribution >= 4 is 15.7 Å². The molecule has 1 aromatic rings. The van der Waals surface area contributed by atoms with Crippen LogP contribution in [0.2, 0.25) is 0 Å². The van der Waals surface area contributed by atoms with Crippen LogP contribution in [-0.2, 0) is 14.8 Å². The molecule has 1 atom stereocenters. The highest BCUT2D eigenvalue weighted by atomic mass is 32.2. The average molecular weight is 292 g/mol. The predicted octanol–water partition coefficient (Wildman–Crippen LogP) is 0.00192. The molecular formula is C11H17FN2O4S. The van der Waals surface area contributed by atoms with Crippen LogP contribution in [-0.4, -0.2) is 39.9 Å². The molecule has 0 saturated heterocycles. The van der Waals surface area contributed by atoms with Gasteiger partial charge in [-0.2, -0.15) is 0 Å². The van der Waals surface area contributed by atoms with E-state index in [2.05, 4.69) is 4.72 Å². The molecule has 8 heteroatoms. The van der Waals surface area contributed by atoms with Gasteiger partial charge in [0.05, 0.1) is 29.8 Å². The number of aliphatic hydroxyl groups excluding tert-OH is 1. The molecule has 0 aliphatic rings. The summed E-state index contributed by atoms with van der Waals surface area (Å²) in [4.78, 5) is -0.124. The number of ether oxygens (including phenoxy) is 1. The Kier molecular flexibility index (Phi) is 5.24.